The summed E-state index contributed by atoms with van der Waals surface area (Å²) in [6, 6.07) is 10.2. The van der Waals surface area contributed by atoms with E-state index in [2.05, 4.69) is 34.5 Å². The number of nitrogens with one attached hydrogen (secondary N) is 1. The molecule has 3 heteroatoms. The van der Waals surface area contributed by atoms with Gasteiger partial charge in [-0.05, 0) is 49.9 Å². The third kappa shape index (κ3) is 3.60. The molecule has 1 saturated heterocycles. The highest BCUT2D eigenvalue weighted by Gasteiger charge is 2.31. The van der Waals surface area contributed by atoms with Gasteiger partial charge in [0.25, 0.3) is 0 Å². The lowest BCUT2D eigenvalue weighted by molar-refractivity contribution is 0.182. The monoisotopic (exact) mass is 274 g/mol. The molecule has 0 aromatic heterocycles. The standard InChI is InChI=1S/C17H26N2O/c1-20-13-15-5-3-2-4-14(15)12-18-16-8-10-19(11-9-16)17-6-7-17/h2-5,16-18H,6-13H2,1H3. The molecule has 1 saturated carbocycles. The molecule has 1 aliphatic heterocycles. The number of benzene rings is 1. The maximum absolute atomic E-state index is 5.27. The fraction of sp³-hybridized carbons (Fsp3) is 0.647. The van der Waals surface area contributed by atoms with Crippen LogP contribution in [-0.2, 0) is 17.9 Å². The van der Waals surface area contributed by atoms with Gasteiger partial charge in [0, 0.05) is 25.7 Å². The van der Waals surface area contributed by atoms with E-state index in [0.717, 1.165) is 12.6 Å². The molecule has 3 rings (SSSR count). The second-order valence-electron chi connectivity index (χ2n) is 6.12. The lowest BCUT2D eigenvalue weighted by Gasteiger charge is -2.32. The summed E-state index contributed by atoms with van der Waals surface area (Å²) in [6.45, 7) is 4.23. The minimum absolute atomic E-state index is 0.681. The van der Waals surface area contributed by atoms with Crippen molar-refractivity contribution >= 4 is 0 Å². The molecule has 0 amide bonds. The first-order valence-electron chi connectivity index (χ1n) is 7.90. The van der Waals surface area contributed by atoms with Crippen molar-refractivity contribution in [3.63, 3.8) is 0 Å². The molecule has 20 heavy (non-hydrogen) atoms. The Kier molecular flexibility index (Phi) is 4.71. The number of likely N-dealkylation sites (tertiary alicyclic amines) is 1. The number of piperidine rings is 1. The Hall–Kier alpha value is -0.900. The molecular formula is C17H26N2O. The van der Waals surface area contributed by atoms with E-state index in [4.69, 9.17) is 4.74 Å². The Morgan fingerprint density at radius 1 is 1.10 bits per heavy atom. The van der Waals surface area contributed by atoms with E-state index in [-0.39, 0.29) is 0 Å². The second-order valence-corrected chi connectivity index (χ2v) is 6.12. The van der Waals surface area contributed by atoms with Crippen LogP contribution in [0, 0.1) is 0 Å². The van der Waals surface area contributed by atoms with Crippen molar-refractivity contribution in [3.8, 4) is 0 Å². The first-order valence-corrected chi connectivity index (χ1v) is 7.90. The van der Waals surface area contributed by atoms with Crippen molar-refractivity contribution in [1.82, 2.24) is 10.2 Å². The van der Waals surface area contributed by atoms with Crippen molar-refractivity contribution in [2.45, 2.75) is 50.9 Å². The van der Waals surface area contributed by atoms with E-state index < -0.39 is 0 Å². The van der Waals surface area contributed by atoms with Gasteiger partial charge in [-0.1, -0.05) is 24.3 Å². The van der Waals surface area contributed by atoms with Crippen LogP contribution in [0.1, 0.15) is 36.8 Å². The average Bonchev–Trinajstić information content (AvgIpc) is 3.32. The van der Waals surface area contributed by atoms with E-state index >= 15 is 0 Å². The number of rotatable bonds is 6. The molecule has 1 heterocycles. The zero-order valence-electron chi connectivity index (χ0n) is 12.5. The predicted molar refractivity (Wildman–Crippen MR) is 81.6 cm³/mol. The number of ether oxygens (including phenoxy) is 1. The van der Waals surface area contributed by atoms with Gasteiger partial charge in [0.2, 0.25) is 0 Å². The molecule has 0 bridgehead atoms. The number of hydrogen-bond donors (Lipinski definition) is 1. The van der Waals surface area contributed by atoms with Gasteiger partial charge in [-0.2, -0.15) is 0 Å². The summed E-state index contributed by atoms with van der Waals surface area (Å²) in [7, 11) is 1.76. The molecule has 0 radical (unpaired) electrons. The lowest BCUT2D eigenvalue weighted by atomic mass is 10.0. The van der Waals surface area contributed by atoms with Crippen molar-refractivity contribution in [3.05, 3.63) is 35.4 Å². The Balaban J connectivity index is 1.47. The Labute approximate surface area is 122 Å². The molecule has 1 aromatic carbocycles. The van der Waals surface area contributed by atoms with Gasteiger partial charge in [0.1, 0.15) is 0 Å². The minimum Gasteiger partial charge on any atom is -0.380 e. The summed E-state index contributed by atoms with van der Waals surface area (Å²) in [5.41, 5.74) is 2.68. The lowest BCUT2D eigenvalue weighted by Crippen LogP contribution is -2.43. The summed E-state index contributed by atoms with van der Waals surface area (Å²) >= 11 is 0. The van der Waals surface area contributed by atoms with Crippen LogP contribution in [-0.4, -0.2) is 37.2 Å². The molecule has 3 nitrogen and oxygen atoms in total. The fourth-order valence-electron chi connectivity index (χ4n) is 3.19. The smallest absolute Gasteiger partial charge is 0.0716 e. The van der Waals surface area contributed by atoms with Crippen LogP contribution >= 0.6 is 0 Å². The molecule has 1 aromatic rings. The zero-order valence-corrected chi connectivity index (χ0v) is 12.5. The fourth-order valence-corrected chi connectivity index (χ4v) is 3.19. The number of nitrogens with zero attached hydrogens (tertiary/aromatic N) is 1. The van der Waals surface area contributed by atoms with Crippen molar-refractivity contribution in [2.24, 2.45) is 0 Å². The van der Waals surface area contributed by atoms with E-state index in [9.17, 15) is 0 Å². The van der Waals surface area contributed by atoms with E-state index in [1.165, 1.54) is 49.9 Å². The molecule has 110 valence electrons. The van der Waals surface area contributed by atoms with Crippen LogP contribution in [0.2, 0.25) is 0 Å². The SMILES string of the molecule is COCc1ccccc1CNC1CCN(C2CC2)CC1. The van der Waals surface area contributed by atoms with Gasteiger partial charge in [-0.3, -0.25) is 0 Å². The van der Waals surface area contributed by atoms with E-state index in [0.29, 0.717) is 12.6 Å². The molecule has 1 aliphatic carbocycles. The Morgan fingerprint density at radius 2 is 1.80 bits per heavy atom. The Bertz CT molecular complexity index is 423. The minimum atomic E-state index is 0.681. The van der Waals surface area contributed by atoms with Gasteiger partial charge in [0.15, 0.2) is 0 Å². The summed E-state index contributed by atoms with van der Waals surface area (Å²) in [5.74, 6) is 0. The molecule has 2 fully saturated rings. The van der Waals surface area contributed by atoms with Crippen LogP contribution in [0.5, 0.6) is 0 Å². The van der Waals surface area contributed by atoms with Crippen LogP contribution in [0.15, 0.2) is 24.3 Å². The van der Waals surface area contributed by atoms with E-state index in [1.54, 1.807) is 7.11 Å². The molecule has 0 spiro atoms. The van der Waals surface area contributed by atoms with Gasteiger partial charge in [-0.25, -0.2) is 0 Å². The van der Waals surface area contributed by atoms with Crippen LogP contribution in [0.3, 0.4) is 0 Å². The van der Waals surface area contributed by atoms with Crippen molar-refractivity contribution in [2.75, 3.05) is 20.2 Å². The number of methoxy groups -OCH3 is 1. The quantitative estimate of drug-likeness (QED) is 0.863. The first-order chi connectivity index (χ1) is 9.86. The summed E-state index contributed by atoms with van der Waals surface area (Å²) in [4.78, 5) is 2.68. The maximum Gasteiger partial charge on any atom is 0.0716 e. The first kappa shape index (κ1) is 14.1. The van der Waals surface area contributed by atoms with Gasteiger partial charge >= 0.3 is 0 Å². The molecule has 1 N–H and O–H groups in total. The highest BCUT2D eigenvalue weighted by atomic mass is 16.5. The van der Waals surface area contributed by atoms with Crippen molar-refractivity contribution in [1.29, 1.82) is 0 Å². The molecule has 2 aliphatic rings. The highest BCUT2D eigenvalue weighted by molar-refractivity contribution is 5.26. The van der Waals surface area contributed by atoms with Gasteiger partial charge in [0.05, 0.1) is 6.61 Å². The average molecular weight is 274 g/mol. The third-order valence-corrected chi connectivity index (χ3v) is 4.59. The van der Waals surface area contributed by atoms with Gasteiger partial charge in [-0.15, -0.1) is 0 Å². The summed E-state index contributed by atoms with van der Waals surface area (Å²) in [5, 5.41) is 3.73. The van der Waals surface area contributed by atoms with E-state index in [1.807, 2.05) is 0 Å². The predicted octanol–water partition coefficient (Wildman–Crippen LogP) is 2.55. The van der Waals surface area contributed by atoms with Crippen LogP contribution < -0.4 is 5.32 Å². The van der Waals surface area contributed by atoms with Crippen LogP contribution in [0.4, 0.5) is 0 Å². The number of hydrogen-bond acceptors (Lipinski definition) is 3. The van der Waals surface area contributed by atoms with Crippen molar-refractivity contribution < 1.29 is 4.74 Å². The molecular weight excluding hydrogens is 248 g/mol. The maximum atomic E-state index is 5.27. The van der Waals surface area contributed by atoms with Crippen LogP contribution in [0.25, 0.3) is 0 Å². The molecule has 0 unspecified atom stereocenters. The second kappa shape index (κ2) is 6.70. The third-order valence-electron chi connectivity index (χ3n) is 4.59. The van der Waals surface area contributed by atoms with Gasteiger partial charge < -0.3 is 15.0 Å². The zero-order chi connectivity index (χ0) is 13.8. The largest absolute Gasteiger partial charge is 0.380 e. The summed E-state index contributed by atoms with van der Waals surface area (Å²) in [6.07, 6.45) is 5.46. The normalized spacial score (nSPS) is 21.2. The summed E-state index contributed by atoms with van der Waals surface area (Å²) < 4.78 is 5.27. The highest BCUT2D eigenvalue weighted by Crippen LogP contribution is 2.29. The topological polar surface area (TPSA) is 24.5 Å². The molecule has 0 atom stereocenters. The Morgan fingerprint density at radius 3 is 2.45 bits per heavy atom.